The summed E-state index contributed by atoms with van der Waals surface area (Å²) in [5.74, 6) is -1.89. The van der Waals surface area contributed by atoms with Gasteiger partial charge in [-0.25, -0.2) is 0 Å². The third-order valence-corrected chi connectivity index (χ3v) is 10.4. The smallest absolute Gasteiger partial charge is 0.297 e. The molecule has 5 rings (SSSR count). The molecule has 0 aliphatic heterocycles. The summed E-state index contributed by atoms with van der Waals surface area (Å²) in [7, 11) is -19.8. The first-order valence-corrected chi connectivity index (χ1v) is 19.3. The molecule has 1 amide bonds. The molecule has 6 N–H and O–H groups in total. The highest BCUT2D eigenvalue weighted by Gasteiger charge is 2.29. The minimum Gasteiger partial charge on any atom is -0.504 e. The zero-order chi connectivity index (χ0) is 37.7. The number of fused-ring (bicyclic) bond motifs is 2. The van der Waals surface area contributed by atoms with Gasteiger partial charge >= 0.3 is 0 Å². The van der Waals surface area contributed by atoms with Crippen LogP contribution in [0.3, 0.4) is 0 Å². The number of rotatable bonds is 9. The van der Waals surface area contributed by atoms with Crippen molar-refractivity contribution in [2.24, 2.45) is 20.5 Å². The van der Waals surface area contributed by atoms with Crippen LogP contribution in [0.4, 0.5) is 28.4 Å². The molecule has 5 aromatic rings. The van der Waals surface area contributed by atoms with Gasteiger partial charge in [0, 0.05) is 23.1 Å². The molecule has 0 saturated carbocycles. The number of carbonyl (C=O) groups is 1. The minimum absolute atomic E-state index is 0.0347. The molecular formula is C28H21N5O14S4. The summed E-state index contributed by atoms with van der Waals surface area (Å²) in [5.41, 5.74) is -2.15. The fraction of sp³-hybridized carbons (Fsp3) is 0.0357. The Bertz CT molecular complexity index is 2810. The Morgan fingerprint density at radius 2 is 1.08 bits per heavy atom. The number of phenols is 1. The predicted molar refractivity (Wildman–Crippen MR) is 178 cm³/mol. The Morgan fingerprint density at radius 1 is 0.569 bits per heavy atom. The second-order valence-corrected chi connectivity index (χ2v) is 16.0. The Labute approximate surface area is 288 Å². The molecule has 0 radical (unpaired) electrons. The van der Waals surface area contributed by atoms with Crippen LogP contribution in [-0.4, -0.2) is 62.9 Å². The van der Waals surface area contributed by atoms with Crippen LogP contribution >= 0.6 is 0 Å². The number of phenolic OH excluding ortho intramolecular Hbond substituents is 1. The van der Waals surface area contributed by atoms with Gasteiger partial charge in [-0.3, -0.25) is 23.0 Å². The highest BCUT2D eigenvalue weighted by atomic mass is 32.2. The fourth-order valence-corrected chi connectivity index (χ4v) is 7.06. The Morgan fingerprint density at radius 3 is 1.63 bits per heavy atom. The largest absolute Gasteiger partial charge is 0.504 e. The van der Waals surface area contributed by atoms with Gasteiger partial charge in [0.05, 0.1) is 26.1 Å². The molecule has 5 aromatic carbocycles. The van der Waals surface area contributed by atoms with Crippen LogP contribution in [0.25, 0.3) is 21.5 Å². The zero-order valence-electron chi connectivity index (χ0n) is 25.3. The van der Waals surface area contributed by atoms with E-state index in [1.807, 2.05) is 0 Å². The molecular weight excluding hydrogens is 759 g/mol. The average molecular weight is 780 g/mol. The van der Waals surface area contributed by atoms with E-state index in [1.165, 1.54) is 30.3 Å². The second kappa shape index (κ2) is 13.1. The van der Waals surface area contributed by atoms with Crippen molar-refractivity contribution in [2.45, 2.75) is 26.5 Å². The van der Waals surface area contributed by atoms with E-state index >= 15 is 0 Å². The number of aromatic hydroxyl groups is 1. The topological polar surface area (TPSA) is 316 Å². The number of anilines is 1. The third kappa shape index (κ3) is 7.89. The van der Waals surface area contributed by atoms with E-state index in [0.29, 0.717) is 6.07 Å². The van der Waals surface area contributed by atoms with E-state index in [0.717, 1.165) is 43.3 Å². The van der Waals surface area contributed by atoms with Crippen LogP contribution in [0, 0.1) is 0 Å². The molecule has 0 heterocycles. The first-order chi connectivity index (χ1) is 23.6. The van der Waals surface area contributed by atoms with Crippen LogP contribution in [0.5, 0.6) is 5.75 Å². The molecule has 19 nitrogen and oxygen atoms in total. The van der Waals surface area contributed by atoms with Crippen molar-refractivity contribution < 1.29 is 61.8 Å². The van der Waals surface area contributed by atoms with Gasteiger partial charge in [-0.2, -0.15) is 38.8 Å². The second-order valence-electron chi connectivity index (χ2n) is 10.4. The van der Waals surface area contributed by atoms with E-state index < -0.39 is 88.5 Å². The summed E-state index contributed by atoms with van der Waals surface area (Å²) >= 11 is 0. The molecule has 51 heavy (non-hydrogen) atoms. The number of nitrogens with one attached hydrogen (secondary N) is 1. The minimum atomic E-state index is -5.45. The summed E-state index contributed by atoms with van der Waals surface area (Å²) in [6, 6.07) is 12.7. The first-order valence-electron chi connectivity index (χ1n) is 13.6. The lowest BCUT2D eigenvalue weighted by molar-refractivity contribution is -0.114. The molecule has 0 aliphatic rings. The van der Waals surface area contributed by atoms with Crippen molar-refractivity contribution in [3.05, 3.63) is 72.8 Å². The zero-order valence-corrected chi connectivity index (χ0v) is 28.5. The summed E-state index contributed by atoms with van der Waals surface area (Å²) in [4.78, 5) is 8.91. The number of carbonyl (C=O) groups excluding carboxylic acids is 1. The van der Waals surface area contributed by atoms with Crippen molar-refractivity contribution in [2.75, 3.05) is 5.32 Å². The van der Waals surface area contributed by atoms with E-state index in [1.54, 1.807) is 0 Å². The number of hydrogen-bond acceptors (Lipinski definition) is 14. The lowest BCUT2D eigenvalue weighted by atomic mass is 10.1. The highest BCUT2D eigenvalue weighted by Crippen LogP contribution is 2.49. The molecule has 0 fully saturated rings. The van der Waals surface area contributed by atoms with Crippen LogP contribution in [0.1, 0.15) is 6.92 Å². The van der Waals surface area contributed by atoms with Crippen molar-refractivity contribution >= 4 is 96.4 Å². The van der Waals surface area contributed by atoms with Gasteiger partial charge in [0.15, 0.2) is 11.4 Å². The first kappa shape index (κ1) is 37.0. The quantitative estimate of drug-likeness (QED) is 0.0614. The normalized spacial score (nSPS) is 13.0. The third-order valence-electron chi connectivity index (χ3n) is 6.94. The summed E-state index contributed by atoms with van der Waals surface area (Å²) < 4.78 is 135. The molecule has 266 valence electrons. The lowest BCUT2D eigenvalue weighted by Gasteiger charge is -2.16. The molecule has 0 bridgehead atoms. The summed E-state index contributed by atoms with van der Waals surface area (Å²) in [6.07, 6.45) is 0. The van der Waals surface area contributed by atoms with Crippen molar-refractivity contribution in [3.63, 3.8) is 0 Å². The fourth-order valence-electron chi connectivity index (χ4n) is 4.74. The van der Waals surface area contributed by atoms with E-state index in [9.17, 15) is 61.8 Å². The molecule has 23 heteroatoms. The van der Waals surface area contributed by atoms with Crippen molar-refractivity contribution in [1.82, 2.24) is 0 Å². The molecule has 0 spiro atoms. The monoisotopic (exact) mass is 779 g/mol. The summed E-state index contributed by atoms with van der Waals surface area (Å²) in [6.45, 7) is 1.02. The van der Waals surface area contributed by atoms with Gasteiger partial charge < -0.3 is 10.4 Å². The van der Waals surface area contributed by atoms with Crippen molar-refractivity contribution in [3.8, 4) is 5.75 Å². The SMILES string of the molecule is CC(=O)Nc1c(O)c(N=Nc2c(N=Nc3ccc(S(=O)(=O)O)cc3)ccc3ccc(S(=O)(=O)O)cc23)c(S(=O)(=O)O)c2cc(S(=O)(=O)O)ccc12. The number of amides is 1. The Hall–Kier alpha value is -5.27. The van der Waals surface area contributed by atoms with Gasteiger partial charge in [0.25, 0.3) is 40.5 Å². The van der Waals surface area contributed by atoms with Crippen LogP contribution in [-0.2, 0) is 45.3 Å². The van der Waals surface area contributed by atoms with Gasteiger partial charge in [-0.15, -0.1) is 15.3 Å². The van der Waals surface area contributed by atoms with Crippen LogP contribution in [0.15, 0.2) is 113 Å². The van der Waals surface area contributed by atoms with Gasteiger partial charge in [-0.05, 0) is 60.0 Å². The van der Waals surface area contributed by atoms with Crippen LogP contribution in [0.2, 0.25) is 0 Å². The molecule has 0 saturated heterocycles. The molecule has 0 unspecified atom stereocenters. The standard InChI is InChI=1S/C28H21N5O14S4/c1-14(34)29-25-20-10-9-19(50(42,43)44)13-22(20)28(51(45,46)47)26(27(25)35)33-32-24-21-12-18(49(39,40)41)6-2-15(21)3-11-23(24)31-30-16-4-7-17(8-5-16)48(36,37)38/h2-13,35H,1H3,(H,29,34)(H,36,37,38)(H,39,40,41)(H,42,43,44)(H,45,46,47). The maximum absolute atomic E-state index is 12.8. The average Bonchev–Trinajstić information content (AvgIpc) is 3.02. The number of benzene rings is 5. The van der Waals surface area contributed by atoms with E-state index in [2.05, 4.69) is 25.8 Å². The number of nitrogens with zero attached hydrogens (tertiary/aromatic N) is 4. The Balaban J connectivity index is 1.84. The van der Waals surface area contributed by atoms with Crippen LogP contribution < -0.4 is 5.32 Å². The predicted octanol–water partition coefficient (Wildman–Crippen LogP) is 5.47. The van der Waals surface area contributed by atoms with Crippen molar-refractivity contribution in [1.29, 1.82) is 0 Å². The van der Waals surface area contributed by atoms with E-state index in [-0.39, 0.29) is 33.2 Å². The number of azo groups is 2. The van der Waals surface area contributed by atoms with Gasteiger partial charge in [0.1, 0.15) is 16.3 Å². The lowest BCUT2D eigenvalue weighted by Crippen LogP contribution is -2.09. The molecule has 0 atom stereocenters. The molecule has 0 aromatic heterocycles. The maximum Gasteiger partial charge on any atom is 0.297 e. The maximum atomic E-state index is 12.8. The Kier molecular flexibility index (Phi) is 9.52. The summed E-state index contributed by atoms with van der Waals surface area (Å²) in [5, 5.41) is 28.4. The number of hydrogen-bond donors (Lipinski definition) is 6. The molecule has 0 aliphatic carbocycles. The van der Waals surface area contributed by atoms with Gasteiger partial charge in [0.2, 0.25) is 5.91 Å². The highest BCUT2D eigenvalue weighted by molar-refractivity contribution is 7.86. The van der Waals surface area contributed by atoms with E-state index in [4.69, 9.17) is 0 Å². The van der Waals surface area contributed by atoms with Gasteiger partial charge in [-0.1, -0.05) is 18.2 Å².